The summed E-state index contributed by atoms with van der Waals surface area (Å²) in [5.41, 5.74) is 0. The van der Waals surface area contributed by atoms with Crippen molar-refractivity contribution in [3.05, 3.63) is 0 Å². The first-order chi connectivity index (χ1) is 1.00. The maximum absolute atomic E-state index is 2.14. The van der Waals surface area contributed by atoms with Crippen molar-refractivity contribution >= 4 is 34.9 Å². The van der Waals surface area contributed by atoms with E-state index in [1.165, 1.54) is 10.1 Å². The van der Waals surface area contributed by atoms with Crippen LogP contribution in [-0.4, -0.2) is 34.9 Å². The Labute approximate surface area is 99.8 Å². The van der Waals surface area contributed by atoms with Crippen LogP contribution in [0.3, 0.4) is 0 Å². The largest absolute Gasteiger partial charge is 0.187 e. The van der Waals surface area contributed by atoms with Crippen molar-refractivity contribution in [3.8, 4) is 0 Å². The zero-order valence-electron chi connectivity index (χ0n) is 3.30. The molecule has 0 bridgehead atoms. The van der Waals surface area contributed by atoms with Crippen LogP contribution in [0.1, 0.15) is 0 Å². The van der Waals surface area contributed by atoms with Gasteiger partial charge in [-0.15, -0.1) is 0 Å². The molecule has 0 heterocycles. The topological polar surface area (TPSA) is 0 Å². The van der Waals surface area contributed by atoms with Crippen LogP contribution >= 0.6 is 0 Å². The first-order valence-corrected chi connectivity index (χ1v) is 3.00. The Bertz CT molecular complexity index is 15.5. The van der Waals surface area contributed by atoms with Crippen LogP contribution < -0.4 is 0 Å². The van der Waals surface area contributed by atoms with Gasteiger partial charge in [0.25, 0.3) is 0 Å². The summed E-state index contributed by atoms with van der Waals surface area (Å²) in [6.45, 7) is 0. The van der Waals surface area contributed by atoms with E-state index in [2.05, 4.69) is 7.44 Å². The molecule has 0 aliphatic carbocycles. The van der Waals surface area contributed by atoms with Gasteiger partial charge in [0.15, 0.2) is 17.4 Å². The van der Waals surface area contributed by atoms with Crippen molar-refractivity contribution in [2.24, 2.45) is 0 Å². The smallest absolute Gasteiger partial charge is 0.0304 e. The Balaban J connectivity index is -0.000000000833. The molecule has 0 atom stereocenters. The van der Waals surface area contributed by atoms with E-state index in [0.717, 1.165) is 0 Å². The summed E-state index contributed by atoms with van der Waals surface area (Å²) >= 11 is 0. The van der Waals surface area contributed by atoms with Crippen LogP contribution in [0.5, 0.6) is 0 Å². The van der Waals surface area contributed by atoms with E-state index in [4.69, 9.17) is 0 Å². The second kappa shape index (κ2) is 44.2. The Morgan fingerprint density at radius 2 is 1.17 bits per heavy atom. The second-order valence-electron chi connectivity index (χ2n) is 0. The molecule has 0 aromatic heterocycles. The van der Waals surface area contributed by atoms with Gasteiger partial charge in [-0.2, -0.15) is 0 Å². The van der Waals surface area contributed by atoms with E-state index in [1.54, 1.807) is 0 Å². The molecule has 0 fully saturated rings. The van der Waals surface area contributed by atoms with Crippen LogP contribution in [0, 0.1) is 0 Å². The molecular weight excluding hydrogens is 265 g/mol. The van der Waals surface area contributed by atoms with E-state index in [0.29, 0.717) is 0 Å². The minimum absolute atomic E-state index is 0. The third-order valence-corrected chi connectivity index (χ3v) is 0. The van der Waals surface area contributed by atoms with E-state index in [-0.39, 0.29) is 83.9 Å². The molecule has 0 saturated heterocycles. The quantitative estimate of drug-likeness (QED) is 0.406. The van der Waals surface area contributed by atoms with E-state index < -0.39 is 0 Å². The van der Waals surface area contributed by atoms with Gasteiger partial charge < -0.3 is 0 Å². The fourth-order valence-electron chi connectivity index (χ4n) is 0. The number of hydrogen-bond acceptors (Lipinski definition) is 0. The molecule has 6 heavy (non-hydrogen) atoms. The molecule has 0 unspecified atom stereocenters. The summed E-state index contributed by atoms with van der Waals surface area (Å²) < 4.78 is 0. The number of rotatable bonds is 0. The fourth-order valence-corrected chi connectivity index (χ4v) is 0. The van der Waals surface area contributed by atoms with Gasteiger partial charge in [0.2, 0.25) is 0 Å². The van der Waals surface area contributed by atoms with Gasteiger partial charge in [-0.3, -0.25) is 0 Å². The second-order valence-corrected chi connectivity index (χ2v) is 0. The molecule has 0 N–H and O–H groups in total. The molecule has 0 aromatic carbocycles. The Morgan fingerprint density at radius 1 is 1.17 bits per heavy atom. The average Bonchev–Trinajstić information content (AvgIpc) is 1.00. The van der Waals surface area contributed by atoms with Crippen molar-refractivity contribution in [1.82, 2.24) is 0 Å². The molecule has 0 nitrogen and oxygen atoms in total. The zero-order chi connectivity index (χ0) is 2.00. The SMILES string of the molecule is B[SiH3].[AlH3].[Cr].[Ni].[Y]. The molecule has 6 heteroatoms. The van der Waals surface area contributed by atoms with Crippen LogP contribution in [0.15, 0.2) is 0 Å². The summed E-state index contributed by atoms with van der Waals surface area (Å²) in [4.78, 5) is 0. The molecule has 0 amide bonds. The van der Waals surface area contributed by atoms with Crippen LogP contribution in [-0.2, 0) is 66.6 Å². The first-order valence-electron chi connectivity index (χ1n) is 1.00. The fraction of sp³-hybridized carbons (Fsp3) is 0. The molecule has 0 aliphatic rings. The van der Waals surface area contributed by atoms with Gasteiger partial charge in [0.05, 0.1) is 7.44 Å². The van der Waals surface area contributed by atoms with Crippen molar-refractivity contribution in [2.45, 2.75) is 0 Å². The average molecular weight is 274 g/mol. The van der Waals surface area contributed by atoms with Gasteiger partial charge in [-0.05, 0) is 10.1 Å². The minimum Gasteiger partial charge on any atom is -0.0304 e. The van der Waals surface area contributed by atoms with Crippen LogP contribution in [0.2, 0.25) is 0 Å². The molecular formula is H8AlBCrNiSiY. The minimum atomic E-state index is 0. The number of hydrogen-bond donors (Lipinski definition) is 0. The molecule has 37 valence electrons. The molecule has 0 spiro atoms. The monoisotopic (exact) mass is 273 g/mol. The van der Waals surface area contributed by atoms with Crippen LogP contribution in [0.4, 0.5) is 0 Å². The van der Waals surface area contributed by atoms with Gasteiger partial charge in [0.1, 0.15) is 0 Å². The zero-order valence-corrected chi connectivity index (χ0v) is 10.4. The molecule has 0 aromatic rings. The molecule has 0 aliphatic heterocycles. The molecule has 0 saturated carbocycles. The van der Waals surface area contributed by atoms with Crippen molar-refractivity contribution < 1.29 is 66.6 Å². The van der Waals surface area contributed by atoms with Gasteiger partial charge in [0, 0.05) is 66.6 Å². The van der Waals surface area contributed by atoms with Gasteiger partial charge in [-0.25, -0.2) is 0 Å². The Hall–Kier alpha value is 2.94. The molecule has 1 radical (unpaired) electrons. The first kappa shape index (κ1) is 36.3. The maximum atomic E-state index is 2.14. The van der Waals surface area contributed by atoms with E-state index >= 15 is 0 Å². The van der Waals surface area contributed by atoms with Gasteiger partial charge in [-0.1, -0.05) is 0 Å². The summed E-state index contributed by atoms with van der Waals surface area (Å²) in [6.07, 6.45) is 0. The van der Waals surface area contributed by atoms with Gasteiger partial charge >= 0.3 is 0 Å². The normalized spacial score (nSPS) is 1.33. The summed E-state index contributed by atoms with van der Waals surface area (Å²) in [7, 11) is 3.44. The predicted molar refractivity (Wildman–Crippen MR) is 28.4 cm³/mol. The van der Waals surface area contributed by atoms with Crippen molar-refractivity contribution in [1.29, 1.82) is 0 Å². The van der Waals surface area contributed by atoms with Crippen molar-refractivity contribution in [3.63, 3.8) is 0 Å². The maximum Gasteiger partial charge on any atom is 0.187 e. The Morgan fingerprint density at radius 3 is 1.17 bits per heavy atom. The standard InChI is InChI=1S/Al.BH5Si.Cr.Ni.Y.3H/c;1-2;;;;;;/h;1H2,2H3;;;;;;. The van der Waals surface area contributed by atoms with E-state index in [9.17, 15) is 0 Å². The summed E-state index contributed by atoms with van der Waals surface area (Å²) in [5, 5.41) is 0. The van der Waals surface area contributed by atoms with E-state index in [1.807, 2.05) is 0 Å². The Kier molecular flexibility index (Phi) is 267. The summed E-state index contributed by atoms with van der Waals surface area (Å²) in [6, 6.07) is 0. The third-order valence-electron chi connectivity index (χ3n) is 0. The van der Waals surface area contributed by atoms with Crippen LogP contribution in [0.25, 0.3) is 0 Å². The summed E-state index contributed by atoms with van der Waals surface area (Å²) in [5.74, 6) is 0. The molecule has 0 rings (SSSR count). The third kappa shape index (κ3) is 28.3. The van der Waals surface area contributed by atoms with Crippen molar-refractivity contribution in [2.75, 3.05) is 0 Å². The predicted octanol–water partition coefficient (Wildman–Crippen LogP) is -3.29.